The zero-order valence-corrected chi connectivity index (χ0v) is 11.3. The van der Waals surface area contributed by atoms with Crippen molar-refractivity contribution < 1.29 is 18.1 Å². The Bertz CT molecular complexity index is 752. The topological polar surface area (TPSA) is 102 Å². The third-order valence-electron chi connectivity index (χ3n) is 2.58. The maximum Gasteiger partial charge on any atom is 0.124 e. The van der Waals surface area contributed by atoms with E-state index >= 15 is 0 Å². The highest BCUT2D eigenvalue weighted by molar-refractivity contribution is 7.85. The number of benzene rings is 2. The van der Waals surface area contributed by atoms with Gasteiger partial charge in [0.1, 0.15) is 15.9 Å². The van der Waals surface area contributed by atoms with Gasteiger partial charge < -0.3 is 9.66 Å². The molecule has 104 valence electrons. The third-order valence-corrected chi connectivity index (χ3v) is 3.43. The Balaban J connectivity index is 2.24. The molecule has 0 unspecified atom stereocenters. The van der Waals surface area contributed by atoms with Crippen LogP contribution < -0.4 is 0 Å². The highest BCUT2D eigenvalue weighted by Crippen LogP contribution is 2.25. The Labute approximate surface area is 116 Å². The minimum absolute atomic E-state index is 0.145. The van der Waals surface area contributed by atoms with E-state index in [9.17, 15) is 18.1 Å². The van der Waals surface area contributed by atoms with E-state index in [2.05, 4.69) is 10.2 Å². The molecule has 0 atom stereocenters. The molecule has 0 heterocycles. The summed E-state index contributed by atoms with van der Waals surface area (Å²) in [4.78, 5) is -0.308. The molecule has 7 heteroatoms. The van der Waals surface area contributed by atoms with E-state index in [0.29, 0.717) is 11.4 Å². The van der Waals surface area contributed by atoms with Crippen LogP contribution in [0.1, 0.15) is 5.56 Å². The average molecular weight is 291 g/mol. The molecule has 0 aliphatic rings. The lowest BCUT2D eigenvalue weighted by Crippen LogP contribution is -1.97. The van der Waals surface area contributed by atoms with Crippen molar-refractivity contribution in [3.63, 3.8) is 0 Å². The zero-order valence-electron chi connectivity index (χ0n) is 10.5. The molecular formula is C13H11N2O4S-. The van der Waals surface area contributed by atoms with E-state index in [1.54, 1.807) is 19.1 Å². The van der Waals surface area contributed by atoms with Crippen LogP contribution in [0.2, 0.25) is 0 Å². The van der Waals surface area contributed by atoms with Gasteiger partial charge in [-0.1, -0.05) is 0 Å². The molecule has 0 aliphatic carbocycles. The summed E-state index contributed by atoms with van der Waals surface area (Å²) in [5.74, 6) is 0.145. The van der Waals surface area contributed by atoms with Crippen molar-refractivity contribution in [2.45, 2.75) is 11.8 Å². The van der Waals surface area contributed by atoms with Gasteiger partial charge in [-0.2, -0.15) is 10.2 Å². The van der Waals surface area contributed by atoms with Crippen LogP contribution in [-0.2, 0) is 10.1 Å². The number of phenolic OH excluding ortho intramolecular Hbond substituents is 1. The first-order chi connectivity index (χ1) is 9.36. The smallest absolute Gasteiger partial charge is 0.124 e. The first-order valence-corrected chi connectivity index (χ1v) is 7.04. The molecule has 0 saturated carbocycles. The van der Waals surface area contributed by atoms with Gasteiger partial charge in [0.25, 0.3) is 0 Å². The monoisotopic (exact) mass is 291 g/mol. The third kappa shape index (κ3) is 3.40. The summed E-state index contributed by atoms with van der Waals surface area (Å²) < 4.78 is 32.3. The molecular weight excluding hydrogens is 280 g/mol. The molecule has 0 amide bonds. The van der Waals surface area contributed by atoms with Crippen LogP contribution in [-0.4, -0.2) is 18.1 Å². The number of nitrogens with zero attached hydrogens (tertiary/aromatic N) is 2. The van der Waals surface area contributed by atoms with Crippen LogP contribution in [0.5, 0.6) is 5.75 Å². The fourth-order valence-electron chi connectivity index (χ4n) is 1.54. The molecule has 2 aromatic carbocycles. The quantitative estimate of drug-likeness (QED) is 0.693. The number of aryl methyl sites for hydroxylation is 1. The normalized spacial score (nSPS) is 11.9. The second-order valence-corrected chi connectivity index (χ2v) is 5.50. The first kappa shape index (κ1) is 14.2. The van der Waals surface area contributed by atoms with Crippen molar-refractivity contribution in [1.29, 1.82) is 0 Å². The second-order valence-electron chi connectivity index (χ2n) is 4.12. The lowest BCUT2D eigenvalue weighted by molar-refractivity contribution is 0.463. The fourth-order valence-corrected chi connectivity index (χ4v) is 2.01. The maximum atomic E-state index is 10.8. The van der Waals surface area contributed by atoms with Gasteiger partial charge >= 0.3 is 0 Å². The van der Waals surface area contributed by atoms with Crippen molar-refractivity contribution in [1.82, 2.24) is 0 Å². The van der Waals surface area contributed by atoms with Gasteiger partial charge in [-0.3, -0.25) is 0 Å². The maximum absolute atomic E-state index is 10.8. The molecule has 2 aromatic rings. The van der Waals surface area contributed by atoms with E-state index in [4.69, 9.17) is 0 Å². The summed E-state index contributed by atoms with van der Waals surface area (Å²) in [5, 5.41) is 17.2. The van der Waals surface area contributed by atoms with Gasteiger partial charge in [0, 0.05) is 0 Å². The highest BCUT2D eigenvalue weighted by Gasteiger charge is 2.01. The largest absolute Gasteiger partial charge is 0.744 e. The van der Waals surface area contributed by atoms with Crippen molar-refractivity contribution in [3.8, 4) is 5.75 Å². The van der Waals surface area contributed by atoms with Crippen LogP contribution in [0.4, 0.5) is 11.4 Å². The van der Waals surface area contributed by atoms with Gasteiger partial charge in [0.15, 0.2) is 0 Å². The van der Waals surface area contributed by atoms with Crippen LogP contribution in [0.15, 0.2) is 57.6 Å². The van der Waals surface area contributed by atoms with Gasteiger partial charge in [0.05, 0.1) is 16.3 Å². The lowest BCUT2D eigenvalue weighted by Gasteiger charge is -2.05. The molecule has 0 aromatic heterocycles. The van der Waals surface area contributed by atoms with Crippen LogP contribution in [0, 0.1) is 6.92 Å². The zero-order chi connectivity index (χ0) is 14.8. The van der Waals surface area contributed by atoms with Crippen molar-refractivity contribution >= 4 is 21.5 Å². The molecule has 0 aliphatic heterocycles. The lowest BCUT2D eigenvalue weighted by atomic mass is 10.2. The fraction of sp³-hybridized carbons (Fsp3) is 0.0769. The van der Waals surface area contributed by atoms with Crippen LogP contribution in [0.25, 0.3) is 0 Å². The molecule has 0 saturated heterocycles. The summed E-state index contributed by atoms with van der Waals surface area (Å²) in [6.45, 7) is 1.78. The average Bonchev–Trinajstić information content (AvgIpc) is 2.37. The van der Waals surface area contributed by atoms with Crippen LogP contribution in [0.3, 0.4) is 0 Å². The van der Waals surface area contributed by atoms with Gasteiger partial charge in [0.2, 0.25) is 0 Å². The Morgan fingerprint density at radius 2 is 1.70 bits per heavy atom. The van der Waals surface area contributed by atoms with Crippen molar-refractivity contribution in [3.05, 3.63) is 48.0 Å². The van der Waals surface area contributed by atoms with Gasteiger partial charge in [-0.05, 0) is 55.0 Å². The summed E-state index contributed by atoms with van der Waals surface area (Å²) in [5.41, 5.74) is 1.76. The molecule has 0 bridgehead atoms. The molecule has 6 nitrogen and oxygen atoms in total. The SMILES string of the molecule is Cc1cc(O)ccc1N=Nc1ccc(S(=O)(=O)[O-])cc1. The molecule has 20 heavy (non-hydrogen) atoms. The summed E-state index contributed by atoms with van der Waals surface area (Å²) in [7, 11) is -4.45. The molecule has 0 spiro atoms. The molecule has 2 rings (SSSR count). The summed E-state index contributed by atoms with van der Waals surface area (Å²) in [6.07, 6.45) is 0. The van der Waals surface area contributed by atoms with E-state index < -0.39 is 10.1 Å². The van der Waals surface area contributed by atoms with E-state index in [1.165, 1.54) is 30.3 Å². The standard InChI is InChI=1S/C13H12N2O4S/c1-9-8-11(16)4-7-13(9)15-14-10-2-5-12(6-3-10)20(17,18)19/h2-8,16H,1H3,(H,17,18,19)/p-1. The first-order valence-electron chi connectivity index (χ1n) is 5.63. The predicted octanol–water partition coefficient (Wildman–Crippen LogP) is 3.02. The van der Waals surface area contributed by atoms with Crippen LogP contribution >= 0.6 is 0 Å². The van der Waals surface area contributed by atoms with E-state index in [-0.39, 0.29) is 10.6 Å². The highest BCUT2D eigenvalue weighted by atomic mass is 32.2. The van der Waals surface area contributed by atoms with E-state index in [1.807, 2.05) is 0 Å². The number of aromatic hydroxyl groups is 1. The Hall–Kier alpha value is -2.25. The molecule has 0 fully saturated rings. The Kier molecular flexibility index (Phi) is 3.82. The number of phenols is 1. The van der Waals surface area contributed by atoms with Gasteiger partial charge in [-0.15, -0.1) is 0 Å². The number of rotatable bonds is 3. The van der Waals surface area contributed by atoms with E-state index in [0.717, 1.165) is 5.56 Å². The molecule has 0 radical (unpaired) electrons. The molecule has 1 N–H and O–H groups in total. The number of azo groups is 1. The Morgan fingerprint density at radius 1 is 1.05 bits per heavy atom. The predicted molar refractivity (Wildman–Crippen MR) is 71.4 cm³/mol. The number of hydrogen-bond acceptors (Lipinski definition) is 6. The second kappa shape index (κ2) is 5.40. The number of hydrogen-bond donors (Lipinski definition) is 1. The minimum Gasteiger partial charge on any atom is -0.744 e. The van der Waals surface area contributed by atoms with Gasteiger partial charge in [-0.25, -0.2) is 8.42 Å². The minimum atomic E-state index is -4.45. The summed E-state index contributed by atoms with van der Waals surface area (Å²) in [6, 6.07) is 9.81. The Morgan fingerprint density at radius 3 is 2.25 bits per heavy atom. The van der Waals surface area contributed by atoms with Crippen molar-refractivity contribution in [2.24, 2.45) is 10.2 Å². The summed E-state index contributed by atoms with van der Waals surface area (Å²) >= 11 is 0. The van der Waals surface area contributed by atoms with Crippen molar-refractivity contribution in [2.75, 3.05) is 0 Å².